The van der Waals surface area contributed by atoms with Gasteiger partial charge in [-0.2, -0.15) is 0 Å². The van der Waals surface area contributed by atoms with E-state index in [1.807, 2.05) is 0 Å². The minimum Gasteiger partial charge on any atom is -0.351 e. The fourth-order valence-electron chi connectivity index (χ4n) is 1.62. The van der Waals surface area contributed by atoms with Crippen molar-refractivity contribution in [3.63, 3.8) is 0 Å². The van der Waals surface area contributed by atoms with Gasteiger partial charge in [0.05, 0.1) is 0 Å². The van der Waals surface area contributed by atoms with Crippen LogP contribution in [-0.4, -0.2) is 17.5 Å². The monoisotopic (exact) mass is 228 g/mol. The molecule has 0 bridgehead atoms. The molecule has 96 valence electrons. The first-order valence-corrected chi connectivity index (χ1v) is 6.15. The minimum absolute atomic E-state index is 0.0216. The van der Waals surface area contributed by atoms with Gasteiger partial charge < -0.3 is 11.1 Å². The van der Waals surface area contributed by atoms with Crippen LogP contribution in [0.4, 0.5) is 0 Å². The maximum atomic E-state index is 11.8. The summed E-state index contributed by atoms with van der Waals surface area (Å²) in [6.07, 6.45) is 2.46. The standard InChI is InChI=1S/C13H28N2O/c1-7-8-13(5,6)15-11(16)9-10(14)12(2,3)4/h10H,7-9,14H2,1-6H3,(H,15,16). The van der Waals surface area contributed by atoms with Crippen molar-refractivity contribution in [2.45, 2.75) is 72.4 Å². The van der Waals surface area contributed by atoms with Gasteiger partial charge in [0, 0.05) is 18.0 Å². The smallest absolute Gasteiger partial charge is 0.221 e. The summed E-state index contributed by atoms with van der Waals surface area (Å²) in [4.78, 5) is 11.8. The molecule has 0 saturated carbocycles. The first-order chi connectivity index (χ1) is 7.08. The fourth-order valence-corrected chi connectivity index (χ4v) is 1.62. The molecule has 0 radical (unpaired) electrons. The van der Waals surface area contributed by atoms with Gasteiger partial charge in [-0.05, 0) is 25.7 Å². The van der Waals surface area contributed by atoms with Gasteiger partial charge in [0.1, 0.15) is 0 Å². The van der Waals surface area contributed by atoms with Crippen LogP contribution in [-0.2, 0) is 4.79 Å². The average molecular weight is 228 g/mol. The Morgan fingerprint density at radius 2 is 1.75 bits per heavy atom. The second-order valence-electron chi connectivity index (χ2n) is 6.36. The van der Waals surface area contributed by atoms with Gasteiger partial charge in [0.2, 0.25) is 5.91 Å². The zero-order valence-corrected chi connectivity index (χ0v) is 11.7. The summed E-state index contributed by atoms with van der Waals surface area (Å²) < 4.78 is 0. The molecule has 0 saturated heterocycles. The molecule has 0 aromatic heterocycles. The molecule has 0 spiro atoms. The molecule has 0 aliphatic carbocycles. The third kappa shape index (κ3) is 6.11. The second-order valence-corrected chi connectivity index (χ2v) is 6.36. The van der Waals surface area contributed by atoms with E-state index in [2.05, 4.69) is 46.9 Å². The van der Waals surface area contributed by atoms with Crippen molar-refractivity contribution < 1.29 is 4.79 Å². The summed E-state index contributed by atoms with van der Waals surface area (Å²) in [5.41, 5.74) is 5.84. The van der Waals surface area contributed by atoms with E-state index in [1.54, 1.807) is 0 Å². The van der Waals surface area contributed by atoms with Crippen molar-refractivity contribution in [3.8, 4) is 0 Å². The molecule has 0 heterocycles. The molecule has 1 atom stereocenters. The zero-order chi connectivity index (χ0) is 13.0. The maximum Gasteiger partial charge on any atom is 0.221 e. The first kappa shape index (κ1) is 15.4. The molecule has 0 fully saturated rings. The van der Waals surface area contributed by atoms with Crippen LogP contribution >= 0.6 is 0 Å². The second kappa shape index (κ2) is 5.67. The van der Waals surface area contributed by atoms with E-state index in [0.29, 0.717) is 6.42 Å². The van der Waals surface area contributed by atoms with Gasteiger partial charge >= 0.3 is 0 Å². The summed E-state index contributed by atoms with van der Waals surface area (Å²) in [5, 5.41) is 3.04. The number of hydrogen-bond donors (Lipinski definition) is 2. The number of carbonyl (C=O) groups excluding carboxylic acids is 1. The minimum atomic E-state index is -0.122. The van der Waals surface area contributed by atoms with Gasteiger partial charge in [-0.15, -0.1) is 0 Å². The molecule has 0 aromatic carbocycles. The average Bonchev–Trinajstić information content (AvgIpc) is 1.99. The molecule has 1 amide bonds. The number of carbonyl (C=O) groups is 1. The highest BCUT2D eigenvalue weighted by Crippen LogP contribution is 2.20. The van der Waals surface area contributed by atoms with Gasteiger partial charge in [-0.1, -0.05) is 34.1 Å². The van der Waals surface area contributed by atoms with Gasteiger partial charge in [0.25, 0.3) is 0 Å². The van der Waals surface area contributed by atoms with Crippen LogP contribution in [0.2, 0.25) is 0 Å². The number of rotatable bonds is 5. The number of nitrogens with two attached hydrogens (primary N) is 1. The molecule has 0 aromatic rings. The Hall–Kier alpha value is -0.570. The quantitative estimate of drug-likeness (QED) is 0.759. The molecule has 16 heavy (non-hydrogen) atoms. The summed E-state index contributed by atoms with van der Waals surface area (Å²) in [7, 11) is 0. The van der Waals surface area contributed by atoms with Gasteiger partial charge in [-0.3, -0.25) is 4.79 Å². The van der Waals surface area contributed by atoms with E-state index >= 15 is 0 Å². The molecule has 0 rings (SSSR count). The van der Waals surface area contributed by atoms with Crippen LogP contribution in [0.25, 0.3) is 0 Å². The molecule has 3 N–H and O–H groups in total. The van der Waals surface area contributed by atoms with E-state index in [0.717, 1.165) is 12.8 Å². The molecular formula is C13H28N2O. The Bertz CT molecular complexity index is 229. The first-order valence-electron chi connectivity index (χ1n) is 6.15. The van der Waals surface area contributed by atoms with E-state index in [-0.39, 0.29) is 22.9 Å². The summed E-state index contributed by atoms with van der Waals surface area (Å²) in [6.45, 7) is 12.4. The Morgan fingerprint density at radius 1 is 1.25 bits per heavy atom. The van der Waals surface area contributed by atoms with Crippen molar-refractivity contribution >= 4 is 5.91 Å². The number of nitrogens with one attached hydrogen (secondary N) is 1. The third-order valence-corrected chi connectivity index (χ3v) is 2.87. The fraction of sp³-hybridized carbons (Fsp3) is 0.923. The van der Waals surface area contributed by atoms with Crippen LogP contribution in [0, 0.1) is 5.41 Å². The topological polar surface area (TPSA) is 55.1 Å². The number of amides is 1. The van der Waals surface area contributed by atoms with Crippen molar-refractivity contribution in [2.24, 2.45) is 11.1 Å². The normalized spacial score (nSPS) is 14.7. The Kier molecular flexibility index (Phi) is 5.47. The van der Waals surface area contributed by atoms with Gasteiger partial charge in [0.15, 0.2) is 0 Å². The van der Waals surface area contributed by atoms with Crippen LogP contribution in [0.5, 0.6) is 0 Å². The molecule has 0 aliphatic heterocycles. The lowest BCUT2D eigenvalue weighted by Crippen LogP contribution is -2.47. The summed E-state index contributed by atoms with van der Waals surface area (Å²) in [5.74, 6) is 0.0564. The van der Waals surface area contributed by atoms with Gasteiger partial charge in [-0.25, -0.2) is 0 Å². The summed E-state index contributed by atoms with van der Waals surface area (Å²) >= 11 is 0. The summed E-state index contributed by atoms with van der Waals surface area (Å²) in [6, 6.07) is -0.0927. The molecule has 3 nitrogen and oxygen atoms in total. The predicted octanol–water partition coefficient (Wildman–Crippen LogP) is 2.44. The van der Waals surface area contributed by atoms with Crippen molar-refractivity contribution in [1.82, 2.24) is 5.32 Å². The lowest BCUT2D eigenvalue weighted by Gasteiger charge is -2.30. The highest BCUT2D eigenvalue weighted by Gasteiger charge is 2.25. The van der Waals surface area contributed by atoms with Crippen molar-refractivity contribution in [1.29, 1.82) is 0 Å². The molecule has 0 aliphatic rings. The largest absolute Gasteiger partial charge is 0.351 e. The highest BCUT2D eigenvalue weighted by molar-refractivity contribution is 5.77. The van der Waals surface area contributed by atoms with Crippen LogP contribution in [0.15, 0.2) is 0 Å². The van der Waals surface area contributed by atoms with E-state index in [1.165, 1.54) is 0 Å². The highest BCUT2D eigenvalue weighted by atomic mass is 16.1. The Balaban J connectivity index is 4.19. The zero-order valence-electron chi connectivity index (χ0n) is 11.7. The predicted molar refractivity (Wildman–Crippen MR) is 69.2 cm³/mol. The number of hydrogen-bond acceptors (Lipinski definition) is 2. The van der Waals surface area contributed by atoms with Crippen molar-refractivity contribution in [3.05, 3.63) is 0 Å². The molecular weight excluding hydrogens is 200 g/mol. The van der Waals surface area contributed by atoms with E-state index in [9.17, 15) is 4.79 Å². The van der Waals surface area contributed by atoms with Crippen molar-refractivity contribution in [2.75, 3.05) is 0 Å². The van der Waals surface area contributed by atoms with Crippen LogP contribution in [0.3, 0.4) is 0 Å². The van der Waals surface area contributed by atoms with E-state index in [4.69, 9.17) is 5.73 Å². The lowest BCUT2D eigenvalue weighted by molar-refractivity contribution is -0.123. The molecule has 3 heteroatoms. The third-order valence-electron chi connectivity index (χ3n) is 2.87. The SMILES string of the molecule is CCCC(C)(C)NC(=O)CC(N)C(C)(C)C. The molecule has 1 unspecified atom stereocenters. The Labute approximate surface area is 100 Å². The Morgan fingerprint density at radius 3 is 2.12 bits per heavy atom. The lowest BCUT2D eigenvalue weighted by atomic mass is 9.85. The van der Waals surface area contributed by atoms with Crippen LogP contribution in [0.1, 0.15) is 60.8 Å². The van der Waals surface area contributed by atoms with E-state index < -0.39 is 0 Å². The maximum absolute atomic E-state index is 11.8. The van der Waals surface area contributed by atoms with Crippen LogP contribution < -0.4 is 11.1 Å².